The number of carbonyl (C=O) groups is 2. The Balaban J connectivity index is 0.000000403. The van der Waals surface area contributed by atoms with Gasteiger partial charge in [-0.05, 0) is 24.3 Å². The zero-order valence-corrected chi connectivity index (χ0v) is 16.0. The van der Waals surface area contributed by atoms with Crippen molar-refractivity contribution >= 4 is 39.2 Å². The summed E-state index contributed by atoms with van der Waals surface area (Å²) in [4.78, 5) is 19.9. The van der Waals surface area contributed by atoms with Gasteiger partial charge in [0.2, 0.25) is 0 Å². The van der Waals surface area contributed by atoms with Crippen LogP contribution in [0.15, 0.2) is 60.7 Å². The van der Waals surface area contributed by atoms with Crippen molar-refractivity contribution < 1.29 is 29.3 Å². The summed E-state index contributed by atoms with van der Waals surface area (Å²) in [5, 5.41) is 19.9. The van der Waals surface area contributed by atoms with Gasteiger partial charge in [0.15, 0.2) is 0 Å². The molecule has 0 heterocycles. The second-order valence-corrected chi connectivity index (χ2v) is 3.95. The van der Waals surface area contributed by atoms with Crippen molar-refractivity contribution in [3.05, 3.63) is 60.7 Å². The van der Waals surface area contributed by atoms with Crippen LogP contribution >= 0.6 is 0 Å². The molecule has 0 N–H and O–H groups in total. The molecule has 0 unspecified atom stereocenters. The predicted octanol–water partition coefficient (Wildman–Crippen LogP) is -0.750. The predicted molar refractivity (Wildman–Crippen MR) is 79.6 cm³/mol. The third-order valence-electron chi connectivity index (χ3n) is 2.20. The Bertz CT molecular complexity index is 520. The molecule has 0 amide bonds. The molecule has 0 spiro atoms. The van der Waals surface area contributed by atoms with Crippen LogP contribution in [0.25, 0.3) is 0 Å². The van der Waals surface area contributed by atoms with E-state index >= 15 is 0 Å². The maximum absolute atomic E-state index is 9.94. The van der Waals surface area contributed by atoms with Gasteiger partial charge in [-0.1, -0.05) is 36.4 Å². The maximum Gasteiger partial charge on any atom is 2.00 e. The Hall–Kier alpha value is -2.10. The normalized spacial score (nSPS) is 8.70. The summed E-state index contributed by atoms with van der Waals surface area (Å²) in [7, 11) is 0. The van der Waals surface area contributed by atoms with Gasteiger partial charge in [-0.3, -0.25) is 0 Å². The van der Waals surface area contributed by atoms with Crippen LogP contribution in [0.3, 0.4) is 0 Å². The van der Waals surface area contributed by atoms with Gasteiger partial charge in [0.1, 0.15) is 24.7 Å². The van der Waals surface area contributed by atoms with E-state index in [2.05, 4.69) is 0 Å². The molecule has 118 valence electrons. The molecular formula is C16H14O6Pb. The molecule has 7 heteroatoms. The Morgan fingerprint density at radius 3 is 1.26 bits per heavy atom. The second-order valence-electron chi connectivity index (χ2n) is 3.95. The number of benzene rings is 2. The maximum atomic E-state index is 9.94. The quantitative estimate of drug-likeness (QED) is 0.476. The van der Waals surface area contributed by atoms with E-state index in [4.69, 9.17) is 9.47 Å². The van der Waals surface area contributed by atoms with E-state index in [-0.39, 0.29) is 27.3 Å². The van der Waals surface area contributed by atoms with E-state index in [1.54, 1.807) is 48.5 Å². The molecule has 6 nitrogen and oxygen atoms in total. The topological polar surface area (TPSA) is 98.7 Å². The summed E-state index contributed by atoms with van der Waals surface area (Å²) in [6.07, 6.45) is 0. The van der Waals surface area contributed by atoms with Crippen molar-refractivity contribution in [1.82, 2.24) is 0 Å². The first-order chi connectivity index (χ1) is 10.6. The zero-order valence-electron chi connectivity index (χ0n) is 12.1. The standard InChI is InChI=1S/2C8H8O3.Pb/c2*9-8(10)6-11-7-4-2-1-3-5-7;/h2*1-5H,6H2,(H,9,10);/q;;+2/p-2. The Morgan fingerprint density at radius 2 is 1.00 bits per heavy atom. The summed E-state index contributed by atoms with van der Waals surface area (Å²) in [5.41, 5.74) is 0. The van der Waals surface area contributed by atoms with Gasteiger partial charge in [-0.25, -0.2) is 0 Å². The van der Waals surface area contributed by atoms with Gasteiger partial charge in [0.05, 0.1) is 11.9 Å². The van der Waals surface area contributed by atoms with Crippen LogP contribution in [0.4, 0.5) is 0 Å². The molecule has 2 aromatic carbocycles. The average Bonchev–Trinajstić information content (AvgIpc) is 2.53. The minimum absolute atomic E-state index is 0. The Morgan fingerprint density at radius 1 is 0.696 bits per heavy atom. The molecule has 2 radical (unpaired) electrons. The number of hydrogen-bond donors (Lipinski definition) is 0. The van der Waals surface area contributed by atoms with Crippen molar-refractivity contribution in [3.8, 4) is 11.5 Å². The molecule has 0 fully saturated rings. The molecule has 0 aliphatic heterocycles. The molecule has 0 aliphatic carbocycles. The fourth-order valence-electron chi connectivity index (χ4n) is 1.32. The number of ether oxygens (including phenoxy) is 2. The van der Waals surface area contributed by atoms with Gasteiger partial charge in [0, 0.05) is 0 Å². The third-order valence-corrected chi connectivity index (χ3v) is 2.20. The van der Waals surface area contributed by atoms with Crippen LogP contribution in [0.5, 0.6) is 11.5 Å². The van der Waals surface area contributed by atoms with E-state index in [0.29, 0.717) is 11.5 Å². The van der Waals surface area contributed by atoms with Gasteiger partial charge in [-0.15, -0.1) is 0 Å². The van der Waals surface area contributed by atoms with Crippen molar-refractivity contribution in [1.29, 1.82) is 0 Å². The van der Waals surface area contributed by atoms with Crippen molar-refractivity contribution in [3.63, 3.8) is 0 Å². The molecule has 0 saturated heterocycles. The first-order valence-corrected chi connectivity index (χ1v) is 6.33. The van der Waals surface area contributed by atoms with Gasteiger partial charge >= 0.3 is 27.3 Å². The average molecular weight is 509 g/mol. The first-order valence-electron chi connectivity index (χ1n) is 6.33. The van der Waals surface area contributed by atoms with Gasteiger partial charge in [0.25, 0.3) is 0 Å². The molecule has 23 heavy (non-hydrogen) atoms. The van der Waals surface area contributed by atoms with Crippen LogP contribution in [-0.4, -0.2) is 52.5 Å². The van der Waals surface area contributed by atoms with E-state index in [9.17, 15) is 19.8 Å². The van der Waals surface area contributed by atoms with Crippen molar-refractivity contribution in [2.45, 2.75) is 0 Å². The summed E-state index contributed by atoms with van der Waals surface area (Å²) < 4.78 is 9.61. The molecule has 0 saturated carbocycles. The smallest absolute Gasteiger partial charge is 0.546 e. The zero-order chi connectivity index (χ0) is 16.2. The Kier molecular flexibility index (Phi) is 11.3. The second kappa shape index (κ2) is 12.4. The van der Waals surface area contributed by atoms with Gasteiger partial charge < -0.3 is 29.3 Å². The van der Waals surface area contributed by atoms with Crippen LogP contribution in [0.1, 0.15) is 0 Å². The minimum atomic E-state index is -1.21. The fraction of sp³-hybridized carbons (Fsp3) is 0.125. The summed E-state index contributed by atoms with van der Waals surface area (Å²) in [6, 6.07) is 17.5. The number of rotatable bonds is 6. The number of para-hydroxylation sites is 2. The monoisotopic (exact) mass is 510 g/mol. The van der Waals surface area contributed by atoms with E-state index in [0.717, 1.165) is 0 Å². The van der Waals surface area contributed by atoms with E-state index in [1.165, 1.54) is 0 Å². The first kappa shape index (κ1) is 20.9. The van der Waals surface area contributed by atoms with Crippen LogP contribution in [-0.2, 0) is 9.59 Å². The van der Waals surface area contributed by atoms with Crippen LogP contribution in [0, 0.1) is 0 Å². The summed E-state index contributed by atoms with van der Waals surface area (Å²) in [5.74, 6) is -1.35. The molecule has 0 aromatic heterocycles. The molecule has 0 atom stereocenters. The SMILES string of the molecule is O=C([O-])COc1ccccc1.O=C([O-])COc1ccccc1.[Pb+2]. The molecule has 2 rings (SSSR count). The number of carbonyl (C=O) groups excluding carboxylic acids is 2. The molecule has 0 aliphatic rings. The summed E-state index contributed by atoms with van der Waals surface area (Å²) >= 11 is 0. The number of carboxylic acid groups (broad SMARTS) is 2. The minimum Gasteiger partial charge on any atom is -0.546 e. The summed E-state index contributed by atoms with van der Waals surface area (Å²) in [6.45, 7) is -0.798. The molecular weight excluding hydrogens is 495 g/mol. The fourth-order valence-corrected chi connectivity index (χ4v) is 1.32. The third kappa shape index (κ3) is 11.2. The van der Waals surface area contributed by atoms with Crippen LogP contribution in [0.2, 0.25) is 0 Å². The Labute approximate surface area is 153 Å². The molecule has 0 bridgehead atoms. The van der Waals surface area contributed by atoms with E-state index in [1.807, 2.05) is 12.1 Å². The number of aliphatic carboxylic acids is 2. The van der Waals surface area contributed by atoms with Crippen LogP contribution < -0.4 is 19.7 Å². The van der Waals surface area contributed by atoms with Crippen molar-refractivity contribution in [2.75, 3.05) is 13.2 Å². The van der Waals surface area contributed by atoms with Gasteiger partial charge in [-0.2, -0.15) is 0 Å². The number of hydrogen-bond acceptors (Lipinski definition) is 6. The van der Waals surface area contributed by atoms with Crippen molar-refractivity contribution in [2.24, 2.45) is 0 Å². The largest absolute Gasteiger partial charge is 2.00 e. The number of carboxylic acids is 2. The molecule has 2 aromatic rings. The van der Waals surface area contributed by atoms with E-state index < -0.39 is 25.2 Å².